The Kier molecular flexibility index (Phi) is 4.31. The summed E-state index contributed by atoms with van der Waals surface area (Å²) in [6.07, 6.45) is 8.91. The van der Waals surface area contributed by atoms with Crippen LogP contribution in [0.4, 0.5) is 0 Å². The predicted molar refractivity (Wildman–Crippen MR) is 84.6 cm³/mol. The van der Waals surface area contributed by atoms with E-state index in [1.165, 1.54) is 43.1 Å². The average Bonchev–Trinajstić information content (AvgIpc) is 2.53. The maximum absolute atomic E-state index is 4.37. The van der Waals surface area contributed by atoms with Gasteiger partial charge >= 0.3 is 0 Å². The molecule has 1 aromatic heterocycles. The fourth-order valence-electron chi connectivity index (χ4n) is 3.31. The molecule has 3 rings (SSSR count). The lowest BCUT2D eigenvalue weighted by atomic mass is 9.84. The van der Waals surface area contributed by atoms with Gasteiger partial charge in [0.15, 0.2) is 0 Å². The average molecular weight is 268 g/mol. The summed E-state index contributed by atoms with van der Waals surface area (Å²) in [6, 6.07) is 11.3. The Morgan fingerprint density at radius 2 is 2.05 bits per heavy atom. The first-order valence-corrected chi connectivity index (χ1v) is 7.90. The Morgan fingerprint density at radius 1 is 1.20 bits per heavy atom. The van der Waals surface area contributed by atoms with E-state index in [0.29, 0.717) is 6.04 Å². The van der Waals surface area contributed by atoms with Gasteiger partial charge in [-0.3, -0.25) is 4.98 Å². The fourth-order valence-corrected chi connectivity index (χ4v) is 3.31. The standard InChI is InChI=1S/C18H24N2/c1-14(16-6-3-2-4-7-16)20-13-15-9-10-18-17(12-15)8-5-11-19-18/h5,8-12,14,16,20H,2-4,6-7,13H2,1H3/t14-/m1/s1. The van der Waals surface area contributed by atoms with Crippen LogP contribution >= 0.6 is 0 Å². The minimum atomic E-state index is 0.625. The lowest BCUT2D eigenvalue weighted by Crippen LogP contribution is -2.34. The first kappa shape index (κ1) is 13.6. The van der Waals surface area contributed by atoms with Crippen LogP contribution in [0.2, 0.25) is 0 Å². The molecule has 1 fully saturated rings. The van der Waals surface area contributed by atoms with Gasteiger partial charge in [0.1, 0.15) is 0 Å². The van der Waals surface area contributed by atoms with Crippen molar-refractivity contribution >= 4 is 10.9 Å². The first-order chi connectivity index (χ1) is 9.83. The maximum Gasteiger partial charge on any atom is 0.0702 e. The van der Waals surface area contributed by atoms with Gasteiger partial charge in [0.2, 0.25) is 0 Å². The van der Waals surface area contributed by atoms with Crippen molar-refractivity contribution in [3.8, 4) is 0 Å². The lowest BCUT2D eigenvalue weighted by molar-refractivity contribution is 0.280. The van der Waals surface area contributed by atoms with Gasteiger partial charge < -0.3 is 5.32 Å². The van der Waals surface area contributed by atoms with Crippen LogP contribution in [0, 0.1) is 5.92 Å². The van der Waals surface area contributed by atoms with Crippen LogP contribution in [0.15, 0.2) is 36.5 Å². The summed E-state index contributed by atoms with van der Waals surface area (Å²) in [5.41, 5.74) is 2.43. The highest BCUT2D eigenvalue weighted by molar-refractivity contribution is 5.78. The summed E-state index contributed by atoms with van der Waals surface area (Å²) in [6.45, 7) is 3.31. The van der Waals surface area contributed by atoms with Crippen molar-refractivity contribution < 1.29 is 0 Å². The number of aromatic nitrogens is 1. The van der Waals surface area contributed by atoms with Gasteiger partial charge in [0.05, 0.1) is 5.52 Å². The van der Waals surface area contributed by atoms with Crippen molar-refractivity contribution in [3.63, 3.8) is 0 Å². The van der Waals surface area contributed by atoms with Crippen molar-refractivity contribution in [1.29, 1.82) is 0 Å². The predicted octanol–water partition coefficient (Wildman–Crippen LogP) is 4.29. The third-order valence-corrected chi connectivity index (χ3v) is 4.65. The third-order valence-electron chi connectivity index (χ3n) is 4.65. The van der Waals surface area contributed by atoms with Crippen molar-refractivity contribution in [2.75, 3.05) is 0 Å². The van der Waals surface area contributed by atoms with Crippen molar-refractivity contribution in [2.45, 2.75) is 51.6 Å². The molecule has 2 nitrogen and oxygen atoms in total. The monoisotopic (exact) mass is 268 g/mol. The normalized spacial score (nSPS) is 18.2. The second-order valence-corrected chi connectivity index (χ2v) is 6.10. The maximum atomic E-state index is 4.37. The highest BCUT2D eigenvalue weighted by atomic mass is 14.9. The summed E-state index contributed by atoms with van der Waals surface area (Å²) >= 11 is 0. The minimum Gasteiger partial charge on any atom is -0.310 e. The van der Waals surface area contributed by atoms with E-state index < -0.39 is 0 Å². The van der Waals surface area contributed by atoms with E-state index in [0.717, 1.165) is 18.0 Å². The third kappa shape index (κ3) is 3.18. The van der Waals surface area contributed by atoms with E-state index in [1.54, 1.807) is 0 Å². The van der Waals surface area contributed by atoms with Crippen molar-refractivity contribution in [2.24, 2.45) is 5.92 Å². The number of pyridine rings is 1. The molecule has 1 aromatic carbocycles. The lowest BCUT2D eigenvalue weighted by Gasteiger charge is -2.28. The van der Waals surface area contributed by atoms with Gasteiger partial charge in [0, 0.05) is 24.2 Å². The molecule has 1 heterocycles. The van der Waals surface area contributed by atoms with Crippen molar-refractivity contribution in [1.82, 2.24) is 10.3 Å². The van der Waals surface area contributed by atoms with E-state index in [9.17, 15) is 0 Å². The van der Waals surface area contributed by atoms with Crippen LogP contribution in [0.25, 0.3) is 10.9 Å². The second kappa shape index (κ2) is 6.36. The molecule has 0 radical (unpaired) electrons. The van der Waals surface area contributed by atoms with Crippen LogP contribution in [0.3, 0.4) is 0 Å². The zero-order valence-electron chi connectivity index (χ0n) is 12.3. The van der Waals surface area contributed by atoms with E-state index >= 15 is 0 Å². The van der Waals surface area contributed by atoms with E-state index in [1.807, 2.05) is 12.3 Å². The Morgan fingerprint density at radius 3 is 2.90 bits per heavy atom. The van der Waals surface area contributed by atoms with Gasteiger partial charge in [-0.1, -0.05) is 31.4 Å². The van der Waals surface area contributed by atoms with Gasteiger partial charge in [0.25, 0.3) is 0 Å². The van der Waals surface area contributed by atoms with E-state index in [2.05, 4.69) is 41.5 Å². The molecule has 2 aromatic rings. The molecule has 0 bridgehead atoms. The zero-order chi connectivity index (χ0) is 13.8. The number of nitrogens with zero attached hydrogens (tertiary/aromatic N) is 1. The highest BCUT2D eigenvalue weighted by Crippen LogP contribution is 2.26. The van der Waals surface area contributed by atoms with Crippen LogP contribution in [-0.4, -0.2) is 11.0 Å². The molecule has 2 heteroatoms. The fraction of sp³-hybridized carbons (Fsp3) is 0.500. The summed E-state index contributed by atoms with van der Waals surface area (Å²) in [7, 11) is 0. The number of hydrogen-bond acceptors (Lipinski definition) is 2. The quantitative estimate of drug-likeness (QED) is 0.894. The van der Waals surface area contributed by atoms with Crippen molar-refractivity contribution in [3.05, 3.63) is 42.1 Å². The molecule has 1 atom stereocenters. The number of rotatable bonds is 4. The van der Waals surface area contributed by atoms with E-state index in [4.69, 9.17) is 0 Å². The van der Waals surface area contributed by atoms with Gasteiger partial charge in [-0.15, -0.1) is 0 Å². The number of benzene rings is 1. The molecule has 1 aliphatic rings. The Balaban J connectivity index is 1.61. The minimum absolute atomic E-state index is 0.625. The first-order valence-electron chi connectivity index (χ1n) is 7.90. The second-order valence-electron chi connectivity index (χ2n) is 6.10. The Bertz CT molecular complexity index is 558. The molecule has 0 unspecified atom stereocenters. The Labute approximate surface area is 121 Å². The van der Waals surface area contributed by atoms with Gasteiger partial charge in [-0.05, 0) is 49.4 Å². The molecule has 0 amide bonds. The molecule has 0 saturated heterocycles. The van der Waals surface area contributed by atoms with Crippen LogP contribution in [0.1, 0.15) is 44.6 Å². The molecule has 1 N–H and O–H groups in total. The molecular weight excluding hydrogens is 244 g/mol. The zero-order valence-corrected chi connectivity index (χ0v) is 12.3. The summed E-state index contributed by atoms with van der Waals surface area (Å²) < 4.78 is 0. The number of hydrogen-bond donors (Lipinski definition) is 1. The molecule has 0 aliphatic heterocycles. The molecule has 106 valence electrons. The number of nitrogens with one attached hydrogen (secondary N) is 1. The molecular formula is C18H24N2. The van der Waals surface area contributed by atoms with Crippen LogP contribution in [0.5, 0.6) is 0 Å². The topological polar surface area (TPSA) is 24.9 Å². The van der Waals surface area contributed by atoms with E-state index in [-0.39, 0.29) is 0 Å². The molecule has 20 heavy (non-hydrogen) atoms. The Hall–Kier alpha value is -1.41. The summed E-state index contributed by atoms with van der Waals surface area (Å²) in [5.74, 6) is 0.867. The smallest absolute Gasteiger partial charge is 0.0702 e. The molecule has 1 aliphatic carbocycles. The summed E-state index contributed by atoms with van der Waals surface area (Å²) in [4.78, 5) is 4.37. The number of fused-ring (bicyclic) bond motifs is 1. The van der Waals surface area contributed by atoms with Crippen LogP contribution < -0.4 is 5.32 Å². The van der Waals surface area contributed by atoms with Gasteiger partial charge in [-0.25, -0.2) is 0 Å². The largest absolute Gasteiger partial charge is 0.310 e. The SMILES string of the molecule is C[C@@H](NCc1ccc2ncccc2c1)C1CCCCC1. The molecule has 0 spiro atoms. The van der Waals surface area contributed by atoms with Crippen LogP contribution in [-0.2, 0) is 6.54 Å². The highest BCUT2D eigenvalue weighted by Gasteiger charge is 2.19. The van der Waals surface area contributed by atoms with Gasteiger partial charge in [-0.2, -0.15) is 0 Å². The summed E-state index contributed by atoms with van der Waals surface area (Å²) in [5, 5.41) is 4.95. The molecule has 1 saturated carbocycles.